The average molecular weight is 1180 g/mol. The molecule has 8 aromatic rings. The summed E-state index contributed by atoms with van der Waals surface area (Å²) < 4.78 is 33.4. The Labute approximate surface area is 495 Å². The Balaban J connectivity index is 0.000000176. The molecule has 0 radical (unpaired) electrons. The van der Waals surface area contributed by atoms with E-state index in [0.29, 0.717) is 76.1 Å². The number of aromatic hydroxyl groups is 2. The van der Waals surface area contributed by atoms with E-state index in [4.69, 9.17) is 33.2 Å². The second-order valence-electron chi connectivity index (χ2n) is 23.5. The lowest BCUT2D eigenvalue weighted by Crippen LogP contribution is -2.64. The quantitative estimate of drug-likeness (QED) is 0.145. The summed E-state index contributed by atoms with van der Waals surface area (Å²) in [5, 5.41) is 22.9. The van der Waals surface area contributed by atoms with Gasteiger partial charge in [-0.1, -0.05) is 76.5 Å². The Bertz CT molecular complexity index is 4110. The number of pyridine rings is 6. The topological polar surface area (TPSA) is 169 Å². The van der Waals surface area contributed by atoms with Crippen molar-refractivity contribution in [1.29, 1.82) is 0 Å². The van der Waals surface area contributed by atoms with Crippen LogP contribution in [0.4, 0.5) is 31.5 Å². The Kier molecular flexibility index (Phi) is 15.2. The van der Waals surface area contributed by atoms with E-state index in [2.05, 4.69) is 38.2 Å². The number of aryl methyl sites for hydroxylation is 2. The van der Waals surface area contributed by atoms with Gasteiger partial charge in [0.25, 0.3) is 11.1 Å². The maximum Gasteiger partial charge on any atom is 0.282 e. The van der Waals surface area contributed by atoms with Crippen molar-refractivity contribution >= 4 is 73.9 Å². The molecule has 2 aromatic carbocycles. The second-order valence-corrected chi connectivity index (χ2v) is 24.3. The molecule has 4 atom stereocenters. The van der Waals surface area contributed by atoms with Gasteiger partial charge in [0.1, 0.15) is 34.5 Å². The summed E-state index contributed by atoms with van der Waals surface area (Å²) in [6.45, 7) is 22.8. The predicted molar refractivity (Wildman–Crippen MR) is 331 cm³/mol. The number of halogens is 4. The van der Waals surface area contributed by atoms with E-state index in [1.54, 1.807) is 38.6 Å². The lowest BCUT2D eigenvalue weighted by atomic mass is 9.90. The molecule has 0 saturated carbocycles. The van der Waals surface area contributed by atoms with E-state index >= 15 is 8.78 Å². The van der Waals surface area contributed by atoms with Crippen molar-refractivity contribution in [3.05, 3.63) is 151 Å². The summed E-state index contributed by atoms with van der Waals surface area (Å²) in [5.74, 6) is -1.60. The summed E-state index contributed by atoms with van der Waals surface area (Å²) in [6.07, 6.45) is 6.94. The number of anilines is 4. The summed E-state index contributed by atoms with van der Waals surface area (Å²) >= 11 is 13.7. The molecule has 1 amide bonds. The van der Waals surface area contributed by atoms with Crippen molar-refractivity contribution < 1.29 is 23.8 Å². The molecule has 16 nitrogen and oxygen atoms in total. The van der Waals surface area contributed by atoms with Crippen molar-refractivity contribution in [1.82, 2.24) is 34.0 Å². The van der Waals surface area contributed by atoms with E-state index in [0.717, 1.165) is 48.4 Å². The number of carbonyl (C=O) groups excluding carboxylic acids is 1. The highest BCUT2D eigenvalue weighted by atomic mass is 35.5. The molecule has 0 bridgehead atoms. The molecule has 0 unspecified atom stereocenters. The molecule has 0 aliphatic carbocycles. The van der Waals surface area contributed by atoms with Gasteiger partial charge in [-0.05, 0) is 117 Å². The minimum absolute atomic E-state index is 0.0194. The van der Waals surface area contributed by atoms with Gasteiger partial charge in [-0.25, -0.2) is 18.7 Å². The molecule has 10 heterocycles. The normalized spacial score (nSPS) is 18.4. The first-order valence-electron chi connectivity index (χ1n) is 28.4. The van der Waals surface area contributed by atoms with Crippen LogP contribution in [0.1, 0.15) is 88.7 Å². The van der Waals surface area contributed by atoms with E-state index in [1.165, 1.54) is 42.5 Å². The zero-order chi connectivity index (χ0) is 60.1. The van der Waals surface area contributed by atoms with Crippen LogP contribution >= 0.6 is 23.2 Å². The highest BCUT2D eigenvalue weighted by molar-refractivity contribution is 6.34. The third kappa shape index (κ3) is 9.54. The average Bonchev–Trinajstić information content (AvgIpc) is 0.915. The first-order chi connectivity index (χ1) is 40.0. The van der Waals surface area contributed by atoms with Crippen LogP contribution in [0.2, 0.25) is 10.0 Å². The summed E-state index contributed by atoms with van der Waals surface area (Å²) in [7, 11) is 3.83. The van der Waals surface area contributed by atoms with Crippen LogP contribution in [0.5, 0.6) is 11.5 Å². The number of likely N-dealkylation sites (N-methyl/N-ethyl adjacent to an activating group) is 2. The number of fused-ring (bicyclic) bond motifs is 10. The molecule has 20 heteroatoms. The van der Waals surface area contributed by atoms with Crippen molar-refractivity contribution in [2.75, 3.05) is 66.4 Å². The molecular formula is C64H67Cl2F2N11O5. The number of phenolic OH excluding ortho intramolecular Hbond substituents is 2. The lowest BCUT2D eigenvalue weighted by Gasteiger charge is -2.51. The molecule has 2 N–H and O–H groups in total. The van der Waals surface area contributed by atoms with Gasteiger partial charge in [-0.3, -0.25) is 33.5 Å². The molecule has 12 rings (SSSR count). The number of carbonyl (C=O) groups is 1. The highest BCUT2D eigenvalue weighted by Crippen LogP contribution is 2.48. The number of hydrogen-bond acceptors (Lipinski definition) is 13. The minimum atomic E-state index is -0.692. The molecule has 4 aliphatic heterocycles. The minimum Gasteiger partial charge on any atom is -0.507 e. The first kappa shape index (κ1) is 57.7. The molecule has 2 fully saturated rings. The number of nitrogens with zero attached hydrogens (tertiary/aromatic N) is 11. The SMILES string of the molecule is C=CC(=O)N1C[C@@H]2CN(C)c3c(c4cc(Cl)c(-c5c(O)cccc5F)nc4n(-c4c(C)ccnc4C(C)C)c3=O)N2C[C@H]1C.Cc1ccnc(C(C)C)c1-n1c(=O)c2c(c3cc(Cl)c(-c4c(O)cccc4F)nc31)N1C[C@@H](C)CC[C@@H]1CN2C. The monoisotopic (exact) mass is 1180 g/mol. The van der Waals surface area contributed by atoms with Crippen LogP contribution in [0.3, 0.4) is 0 Å². The van der Waals surface area contributed by atoms with Crippen molar-refractivity contribution in [3.63, 3.8) is 0 Å². The summed E-state index contributed by atoms with van der Waals surface area (Å²) in [4.78, 5) is 71.5. The molecular weight excluding hydrogens is 1110 g/mol. The molecule has 2 saturated heterocycles. The Morgan fingerprint density at radius 2 is 1.10 bits per heavy atom. The molecule has 4 aliphatic rings. The Morgan fingerprint density at radius 1 is 0.643 bits per heavy atom. The van der Waals surface area contributed by atoms with Crippen LogP contribution in [0, 0.1) is 31.4 Å². The molecule has 6 aromatic heterocycles. The number of amides is 1. The van der Waals surface area contributed by atoms with E-state index in [-0.39, 0.29) is 96.7 Å². The van der Waals surface area contributed by atoms with Crippen LogP contribution in [-0.2, 0) is 4.79 Å². The smallest absolute Gasteiger partial charge is 0.282 e. The predicted octanol–water partition coefficient (Wildman–Crippen LogP) is 11.9. The van der Waals surface area contributed by atoms with Gasteiger partial charge >= 0.3 is 0 Å². The maximum atomic E-state index is 15.2. The fourth-order valence-electron chi connectivity index (χ4n) is 13.0. The molecule has 84 heavy (non-hydrogen) atoms. The zero-order valence-electron chi connectivity index (χ0n) is 48.7. The van der Waals surface area contributed by atoms with Crippen molar-refractivity contribution in [2.45, 2.75) is 98.2 Å². The number of piperazine rings is 1. The van der Waals surface area contributed by atoms with Gasteiger partial charge in [-0.15, -0.1) is 0 Å². The van der Waals surface area contributed by atoms with Crippen LogP contribution in [-0.4, -0.2) is 115 Å². The Hall–Kier alpha value is -8.09. The van der Waals surface area contributed by atoms with Crippen molar-refractivity contribution in [3.8, 4) is 45.4 Å². The first-order valence-corrected chi connectivity index (χ1v) is 29.1. The van der Waals surface area contributed by atoms with E-state index in [9.17, 15) is 24.6 Å². The lowest BCUT2D eigenvalue weighted by molar-refractivity contribution is -0.128. The number of aromatic nitrogens is 6. The van der Waals surface area contributed by atoms with Gasteiger partial charge in [0.2, 0.25) is 5.91 Å². The van der Waals surface area contributed by atoms with Gasteiger partial charge in [0, 0.05) is 82.1 Å². The second kappa shape index (κ2) is 22.2. The van der Waals surface area contributed by atoms with E-state index in [1.807, 2.05) is 79.6 Å². The standard InChI is InChI=1S/C33H34ClFN6O3.C31H33ClFN5O2/c1-7-25(43)39-16-20-15-38(6)31-30(40(20)14-19(39)5)21-13-22(34)28(26-23(35)9-8-10-24(26)42)37-32(21)41(33(31)44)29-18(4)11-12-36-27(29)17(2)3;1-16(2)25-27(18(4)11-12-34-25)38-30-20(13-21(32)26(35-30)24-22(33)7-6-8-23(24)39)28-29(31(38)40)36(5)15-19-10-9-17(3)14-37(19)28/h7-13,17,19-20,42H,1,14-16H2,2-6H3;6-8,11-13,16-17,19,39H,9-10,14-15H2,1-5H3/t19-,20+;17-,19+/m10/s1. The largest absolute Gasteiger partial charge is 0.507 e. The van der Waals surface area contributed by atoms with Gasteiger partial charge in [-0.2, -0.15) is 0 Å². The summed E-state index contributed by atoms with van der Waals surface area (Å²) in [6, 6.07) is 15.3. The van der Waals surface area contributed by atoms with Crippen LogP contribution in [0.15, 0.2) is 95.3 Å². The van der Waals surface area contributed by atoms with E-state index < -0.39 is 11.6 Å². The summed E-state index contributed by atoms with van der Waals surface area (Å²) in [5.41, 5.74) is 6.93. The molecule has 436 valence electrons. The van der Waals surface area contributed by atoms with Gasteiger partial charge in [0.15, 0.2) is 11.3 Å². The zero-order valence-corrected chi connectivity index (χ0v) is 50.2. The third-order valence-electron chi connectivity index (χ3n) is 17.0. The number of rotatable bonds is 7. The van der Waals surface area contributed by atoms with Gasteiger partial charge < -0.3 is 34.7 Å². The maximum absolute atomic E-state index is 15.2. The number of benzene rings is 2. The fraction of sp³-hybridized carbons (Fsp3) is 0.359. The van der Waals surface area contributed by atoms with Crippen LogP contribution in [0.25, 0.3) is 56.0 Å². The number of phenols is 2. The van der Waals surface area contributed by atoms with Gasteiger partial charge in [0.05, 0.1) is 72.7 Å². The number of piperidine rings is 1. The number of hydrogen-bond donors (Lipinski definition) is 2. The molecule has 0 spiro atoms. The third-order valence-corrected chi connectivity index (χ3v) is 17.5. The van der Waals surface area contributed by atoms with Crippen molar-refractivity contribution in [2.24, 2.45) is 5.92 Å². The highest BCUT2D eigenvalue weighted by Gasteiger charge is 2.43. The fourth-order valence-corrected chi connectivity index (χ4v) is 13.5. The van der Waals surface area contributed by atoms with Crippen LogP contribution < -0.4 is 30.7 Å². The Morgan fingerprint density at radius 3 is 1.54 bits per heavy atom.